The Bertz CT molecular complexity index is 1530. The number of aliphatic hydroxyl groups is 3. The highest BCUT2D eigenvalue weighted by molar-refractivity contribution is 6.31. The Kier molecular flexibility index (Phi) is 12.1. The van der Waals surface area contributed by atoms with Crippen molar-refractivity contribution in [2.24, 2.45) is 5.92 Å². The molecule has 47 heavy (non-hydrogen) atoms. The predicted molar refractivity (Wildman–Crippen MR) is 155 cm³/mol. The van der Waals surface area contributed by atoms with Crippen molar-refractivity contribution in [3.63, 3.8) is 0 Å². The van der Waals surface area contributed by atoms with Crippen molar-refractivity contribution in [3.8, 4) is 17.2 Å². The van der Waals surface area contributed by atoms with Gasteiger partial charge in [0.2, 0.25) is 5.78 Å². The molecule has 5 rings (SSSR count). The normalized spacial score (nSPS) is 23.1. The highest BCUT2D eigenvalue weighted by atomic mass is 19.4. The van der Waals surface area contributed by atoms with Crippen molar-refractivity contribution >= 4 is 23.3 Å². The summed E-state index contributed by atoms with van der Waals surface area (Å²) >= 11 is 0. The van der Waals surface area contributed by atoms with E-state index >= 15 is 0 Å². The monoisotopic (exact) mass is 671 g/mol. The van der Waals surface area contributed by atoms with Crippen molar-refractivity contribution in [1.29, 1.82) is 0 Å². The first-order valence-corrected chi connectivity index (χ1v) is 14.3. The maximum Gasteiger partial charge on any atom is 0.471 e. The van der Waals surface area contributed by atoms with Crippen molar-refractivity contribution in [1.82, 2.24) is 5.32 Å². The smallest absolute Gasteiger partial charge is 0.471 e. The van der Waals surface area contributed by atoms with E-state index in [1.165, 1.54) is 27.2 Å². The van der Waals surface area contributed by atoms with Crippen LogP contribution >= 0.6 is 0 Å². The summed E-state index contributed by atoms with van der Waals surface area (Å²) in [7, 11) is 3.71. The Morgan fingerprint density at radius 3 is 2.21 bits per heavy atom. The van der Waals surface area contributed by atoms with Gasteiger partial charge in [-0.1, -0.05) is 12.1 Å². The second kappa shape index (κ2) is 15.2. The van der Waals surface area contributed by atoms with Crippen LogP contribution in [0.3, 0.4) is 0 Å². The standard InChI is InChI=1S/C21H18O7.C9H14F3NO4.CH4O/c1-28-14-4-2-3-11-15(14)21(27)17-16(19(11)25)20(26)12-7-9(13(23)8-22)5-6-10(12)18(17)24;1-4-7(14)5(3-6(16-2)17-4)13-8(15)9(10,11)12;1-2/h2-4,9,22,24,26H,5-8H2,1H3;4-7,14H,3H2,1-2H3,(H,13,15);2H,1H3. The molecular formula is C31H36F3NO12. The van der Waals surface area contributed by atoms with Gasteiger partial charge in [-0.25, -0.2) is 0 Å². The maximum absolute atomic E-state index is 13.1. The number of rotatable bonds is 5. The second-order valence-corrected chi connectivity index (χ2v) is 10.8. The van der Waals surface area contributed by atoms with Crippen LogP contribution < -0.4 is 10.1 Å². The van der Waals surface area contributed by atoms with Gasteiger partial charge in [0.1, 0.15) is 30.0 Å². The van der Waals surface area contributed by atoms with Gasteiger partial charge in [0.05, 0.1) is 35.9 Å². The van der Waals surface area contributed by atoms with Crippen LogP contribution in [-0.4, -0.2) is 107 Å². The number of Topliss-reactive ketones (excluding diaryl/α,β-unsaturated/α-hetero) is 1. The molecule has 3 aliphatic rings. The average molecular weight is 672 g/mol. The highest BCUT2D eigenvalue weighted by Crippen LogP contribution is 2.47. The summed E-state index contributed by atoms with van der Waals surface area (Å²) in [5.41, 5.74) is 0.301. The fraction of sp³-hybridized carbons (Fsp3) is 0.484. The van der Waals surface area contributed by atoms with E-state index in [4.69, 9.17) is 24.4 Å². The minimum Gasteiger partial charge on any atom is -0.507 e. The first-order chi connectivity index (χ1) is 22.2. The van der Waals surface area contributed by atoms with Gasteiger partial charge in [0.15, 0.2) is 17.9 Å². The third-order valence-corrected chi connectivity index (χ3v) is 8.18. The molecule has 1 fully saturated rings. The fourth-order valence-corrected chi connectivity index (χ4v) is 5.81. The van der Waals surface area contributed by atoms with Crippen molar-refractivity contribution < 1.29 is 72.1 Å². The molecule has 0 radical (unpaired) electrons. The van der Waals surface area contributed by atoms with Crippen LogP contribution in [0, 0.1) is 5.92 Å². The topological polar surface area (TPSA) is 209 Å². The number of ketones is 3. The molecular weight excluding hydrogens is 635 g/mol. The number of fused-ring (bicyclic) bond motifs is 3. The molecule has 0 aromatic heterocycles. The first-order valence-electron chi connectivity index (χ1n) is 14.3. The van der Waals surface area contributed by atoms with E-state index in [1.54, 1.807) is 17.4 Å². The predicted octanol–water partition coefficient (Wildman–Crippen LogP) is 1.33. The maximum atomic E-state index is 13.1. The van der Waals surface area contributed by atoms with Crippen molar-refractivity contribution in [2.45, 2.75) is 63.3 Å². The molecule has 1 amide bonds. The molecule has 6 N–H and O–H groups in total. The summed E-state index contributed by atoms with van der Waals surface area (Å²) in [5, 5.41) is 49.1. The van der Waals surface area contributed by atoms with Crippen LogP contribution in [0.2, 0.25) is 0 Å². The van der Waals surface area contributed by atoms with Crippen LogP contribution in [0.4, 0.5) is 13.2 Å². The average Bonchev–Trinajstić information content (AvgIpc) is 3.06. The van der Waals surface area contributed by atoms with Gasteiger partial charge in [0, 0.05) is 43.2 Å². The quantitative estimate of drug-likeness (QED) is 0.212. The lowest BCUT2D eigenvalue weighted by atomic mass is 9.75. The summed E-state index contributed by atoms with van der Waals surface area (Å²) in [6, 6.07) is 3.54. The zero-order chi connectivity index (χ0) is 35.4. The molecule has 0 saturated carbocycles. The van der Waals surface area contributed by atoms with Crippen molar-refractivity contribution in [3.05, 3.63) is 51.6 Å². The van der Waals surface area contributed by atoms with E-state index < -0.39 is 60.7 Å². The Balaban J connectivity index is 0.000000272. The number of halogens is 3. The van der Waals surface area contributed by atoms with Crippen LogP contribution in [0.5, 0.6) is 17.2 Å². The number of methoxy groups -OCH3 is 2. The number of carbonyl (C=O) groups is 4. The third kappa shape index (κ3) is 7.41. The molecule has 1 aliphatic heterocycles. The third-order valence-electron chi connectivity index (χ3n) is 8.18. The molecule has 2 aliphatic carbocycles. The SMILES string of the molecule is CO.COC1CC(NC(=O)C(F)(F)F)C(O)C(C)O1.COc1cccc2c1C(=O)c1c(O)c3c(c(O)c1C2=O)CC(C(=O)CO)CC3. The number of nitrogens with one attached hydrogen (secondary N) is 1. The van der Waals surface area contributed by atoms with Gasteiger partial charge < -0.3 is 45.1 Å². The number of carbonyl (C=O) groups excluding carboxylic acids is 4. The summed E-state index contributed by atoms with van der Waals surface area (Å²) in [5.74, 6) is -4.64. The number of amides is 1. The number of hydrogen-bond acceptors (Lipinski definition) is 12. The molecule has 5 atom stereocenters. The van der Waals surface area contributed by atoms with Crippen LogP contribution in [0.1, 0.15) is 62.7 Å². The van der Waals surface area contributed by atoms with Gasteiger partial charge >= 0.3 is 12.1 Å². The van der Waals surface area contributed by atoms with E-state index in [-0.39, 0.29) is 70.1 Å². The Labute approximate surface area is 266 Å². The molecule has 1 heterocycles. The summed E-state index contributed by atoms with van der Waals surface area (Å²) in [6.45, 7) is 0.880. The van der Waals surface area contributed by atoms with E-state index in [0.717, 1.165) is 7.11 Å². The molecule has 5 unspecified atom stereocenters. The van der Waals surface area contributed by atoms with Crippen molar-refractivity contribution in [2.75, 3.05) is 27.9 Å². The Hall–Kier alpha value is -4.09. The number of benzene rings is 2. The molecule has 0 spiro atoms. The largest absolute Gasteiger partial charge is 0.507 e. The minimum atomic E-state index is -4.97. The Morgan fingerprint density at radius 1 is 1.02 bits per heavy atom. The highest BCUT2D eigenvalue weighted by Gasteiger charge is 2.44. The number of aromatic hydroxyl groups is 2. The molecule has 13 nitrogen and oxygen atoms in total. The van der Waals surface area contributed by atoms with Crippen LogP contribution in [-0.2, 0) is 31.9 Å². The van der Waals surface area contributed by atoms with Gasteiger partial charge in [-0.3, -0.25) is 19.2 Å². The summed E-state index contributed by atoms with van der Waals surface area (Å²) < 4.78 is 51.3. The number of phenolic OH excluding ortho intramolecular Hbond substituents is 2. The summed E-state index contributed by atoms with van der Waals surface area (Å²) in [4.78, 5) is 48.8. The molecule has 2 aromatic carbocycles. The second-order valence-electron chi connectivity index (χ2n) is 10.8. The lowest BCUT2D eigenvalue weighted by molar-refractivity contribution is -0.218. The van der Waals surface area contributed by atoms with Gasteiger partial charge in [-0.05, 0) is 32.3 Å². The number of phenols is 2. The van der Waals surface area contributed by atoms with E-state index in [1.807, 2.05) is 0 Å². The molecule has 16 heteroatoms. The first kappa shape index (κ1) is 37.4. The van der Waals surface area contributed by atoms with E-state index in [9.17, 15) is 47.7 Å². The minimum absolute atomic E-state index is 0.0379. The Morgan fingerprint density at radius 2 is 1.64 bits per heavy atom. The molecule has 1 saturated heterocycles. The van der Waals surface area contributed by atoms with Gasteiger partial charge in [-0.2, -0.15) is 13.2 Å². The summed E-state index contributed by atoms with van der Waals surface area (Å²) in [6.07, 6.45) is -6.95. The molecule has 0 bridgehead atoms. The fourth-order valence-electron chi connectivity index (χ4n) is 5.81. The molecule has 258 valence electrons. The number of aliphatic hydroxyl groups excluding tert-OH is 3. The van der Waals surface area contributed by atoms with Gasteiger partial charge in [0.25, 0.3) is 0 Å². The van der Waals surface area contributed by atoms with Crippen LogP contribution in [0.15, 0.2) is 18.2 Å². The van der Waals surface area contributed by atoms with Crippen LogP contribution in [0.25, 0.3) is 0 Å². The zero-order valence-corrected chi connectivity index (χ0v) is 25.9. The lowest BCUT2D eigenvalue weighted by Gasteiger charge is -2.37. The van der Waals surface area contributed by atoms with E-state index in [2.05, 4.69) is 0 Å². The zero-order valence-electron chi connectivity index (χ0n) is 25.9. The van der Waals surface area contributed by atoms with Gasteiger partial charge in [-0.15, -0.1) is 0 Å². The number of hydrogen-bond donors (Lipinski definition) is 6. The molecule has 2 aromatic rings. The van der Waals surface area contributed by atoms with E-state index in [0.29, 0.717) is 12.0 Å². The lowest BCUT2D eigenvalue weighted by Crippen LogP contribution is -2.57. The number of alkyl halides is 3. The number of ether oxygens (including phenoxy) is 3.